The SMILES string of the molecule is CCCCN(CCCC)C(=O)[C@@H](C)Oc1ccc(Cl)cc1C. The van der Waals surface area contributed by atoms with E-state index in [0.717, 1.165) is 50.1 Å². The summed E-state index contributed by atoms with van der Waals surface area (Å²) < 4.78 is 5.85. The van der Waals surface area contributed by atoms with Gasteiger partial charge in [0.05, 0.1) is 0 Å². The Bertz CT molecular complexity index is 468. The Hall–Kier alpha value is -1.22. The maximum absolute atomic E-state index is 12.6. The summed E-state index contributed by atoms with van der Waals surface area (Å²) >= 11 is 5.95. The van der Waals surface area contributed by atoms with Crippen molar-refractivity contribution in [3.05, 3.63) is 28.8 Å². The van der Waals surface area contributed by atoms with Gasteiger partial charge in [-0.1, -0.05) is 38.3 Å². The number of hydrogen-bond donors (Lipinski definition) is 0. The summed E-state index contributed by atoms with van der Waals surface area (Å²) in [6.07, 6.45) is 3.75. The number of unbranched alkanes of at least 4 members (excludes halogenated alkanes) is 2. The largest absolute Gasteiger partial charge is 0.481 e. The lowest BCUT2D eigenvalue weighted by atomic mass is 10.2. The third-order valence-corrected chi connectivity index (χ3v) is 3.90. The molecule has 0 unspecified atom stereocenters. The minimum atomic E-state index is -0.478. The van der Waals surface area contributed by atoms with E-state index in [-0.39, 0.29) is 5.91 Å². The molecule has 0 radical (unpaired) electrons. The normalized spacial score (nSPS) is 12.0. The predicted octanol–water partition coefficient (Wildman–Crippen LogP) is 4.84. The lowest BCUT2D eigenvalue weighted by Crippen LogP contribution is -2.41. The molecule has 0 saturated carbocycles. The molecular formula is C18H28ClNO2. The van der Waals surface area contributed by atoms with Gasteiger partial charge in [-0.25, -0.2) is 0 Å². The van der Waals surface area contributed by atoms with Crippen LogP contribution in [-0.2, 0) is 4.79 Å². The molecule has 22 heavy (non-hydrogen) atoms. The van der Waals surface area contributed by atoms with Gasteiger partial charge >= 0.3 is 0 Å². The van der Waals surface area contributed by atoms with Gasteiger partial charge in [0, 0.05) is 18.1 Å². The van der Waals surface area contributed by atoms with E-state index in [1.54, 1.807) is 6.07 Å². The lowest BCUT2D eigenvalue weighted by Gasteiger charge is -2.26. The average molecular weight is 326 g/mol. The first-order valence-corrected chi connectivity index (χ1v) is 8.59. The van der Waals surface area contributed by atoms with Crippen LogP contribution in [0.25, 0.3) is 0 Å². The topological polar surface area (TPSA) is 29.5 Å². The fourth-order valence-electron chi connectivity index (χ4n) is 2.27. The second-order valence-electron chi connectivity index (χ2n) is 5.70. The summed E-state index contributed by atoms with van der Waals surface area (Å²) in [7, 11) is 0. The van der Waals surface area contributed by atoms with Gasteiger partial charge in [0.25, 0.3) is 5.91 Å². The highest BCUT2D eigenvalue weighted by Crippen LogP contribution is 2.23. The molecule has 0 aromatic heterocycles. The van der Waals surface area contributed by atoms with Gasteiger partial charge in [0.1, 0.15) is 5.75 Å². The van der Waals surface area contributed by atoms with E-state index in [1.807, 2.05) is 30.9 Å². The third-order valence-electron chi connectivity index (χ3n) is 3.66. The molecule has 1 aromatic carbocycles. The van der Waals surface area contributed by atoms with E-state index in [0.29, 0.717) is 5.02 Å². The van der Waals surface area contributed by atoms with Crippen molar-refractivity contribution in [1.82, 2.24) is 4.90 Å². The number of rotatable bonds is 9. The molecule has 0 aliphatic rings. The molecule has 0 N–H and O–H groups in total. The maximum Gasteiger partial charge on any atom is 0.263 e. The Kier molecular flexibility index (Phi) is 8.32. The first-order chi connectivity index (χ1) is 10.5. The molecule has 124 valence electrons. The predicted molar refractivity (Wildman–Crippen MR) is 92.7 cm³/mol. The van der Waals surface area contributed by atoms with Crippen molar-refractivity contribution in [2.24, 2.45) is 0 Å². The number of aryl methyl sites for hydroxylation is 1. The Balaban J connectivity index is 2.70. The number of carbonyl (C=O) groups is 1. The van der Waals surface area contributed by atoms with Crippen LogP contribution in [0.15, 0.2) is 18.2 Å². The van der Waals surface area contributed by atoms with Gasteiger partial charge in [0.15, 0.2) is 6.10 Å². The van der Waals surface area contributed by atoms with Crippen LogP contribution in [0.3, 0.4) is 0 Å². The van der Waals surface area contributed by atoms with Gasteiger partial charge in [-0.15, -0.1) is 0 Å². The summed E-state index contributed by atoms with van der Waals surface area (Å²) in [5, 5.41) is 0.677. The number of nitrogens with zero attached hydrogens (tertiary/aromatic N) is 1. The fourth-order valence-corrected chi connectivity index (χ4v) is 2.50. The zero-order valence-corrected chi connectivity index (χ0v) is 14.9. The van der Waals surface area contributed by atoms with Crippen LogP contribution in [0.2, 0.25) is 5.02 Å². The summed E-state index contributed by atoms with van der Waals surface area (Å²) in [5.74, 6) is 0.785. The number of halogens is 1. The molecule has 1 aromatic rings. The number of benzene rings is 1. The van der Waals surface area contributed by atoms with E-state index in [1.165, 1.54) is 0 Å². The van der Waals surface area contributed by atoms with Gasteiger partial charge in [0.2, 0.25) is 0 Å². The monoisotopic (exact) mass is 325 g/mol. The first kappa shape index (κ1) is 18.8. The number of hydrogen-bond acceptors (Lipinski definition) is 2. The van der Waals surface area contributed by atoms with Crippen LogP contribution in [0.5, 0.6) is 5.75 Å². The molecule has 1 rings (SSSR count). The summed E-state index contributed by atoms with van der Waals surface area (Å²) in [4.78, 5) is 14.5. The van der Waals surface area contributed by atoms with Crippen LogP contribution in [0, 0.1) is 6.92 Å². The second kappa shape index (κ2) is 9.73. The molecule has 0 spiro atoms. The van der Waals surface area contributed by atoms with E-state index in [2.05, 4.69) is 13.8 Å². The molecular weight excluding hydrogens is 298 g/mol. The van der Waals surface area contributed by atoms with Gasteiger partial charge < -0.3 is 9.64 Å². The summed E-state index contributed by atoms with van der Waals surface area (Å²) in [5.41, 5.74) is 0.945. The highest BCUT2D eigenvalue weighted by atomic mass is 35.5. The zero-order valence-electron chi connectivity index (χ0n) is 14.2. The van der Waals surface area contributed by atoms with Crippen LogP contribution in [0.4, 0.5) is 0 Å². The Labute approximate surface area is 139 Å². The smallest absolute Gasteiger partial charge is 0.263 e. The number of carbonyl (C=O) groups excluding carboxylic acids is 1. The van der Waals surface area contributed by atoms with Gasteiger partial charge in [-0.05, 0) is 50.5 Å². The van der Waals surface area contributed by atoms with Crippen molar-refractivity contribution in [3.8, 4) is 5.75 Å². The minimum absolute atomic E-state index is 0.0660. The van der Waals surface area contributed by atoms with E-state index < -0.39 is 6.10 Å². The molecule has 0 aliphatic heterocycles. The number of ether oxygens (including phenoxy) is 1. The molecule has 0 fully saturated rings. The molecule has 1 amide bonds. The van der Waals surface area contributed by atoms with Crippen molar-refractivity contribution < 1.29 is 9.53 Å². The van der Waals surface area contributed by atoms with Gasteiger partial charge in [-0.2, -0.15) is 0 Å². The Morgan fingerprint density at radius 1 is 1.23 bits per heavy atom. The minimum Gasteiger partial charge on any atom is -0.481 e. The lowest BCUT2D eigenvalue weighted by molar-refractivity contribution is -0.138. The molecule has 0 saturated heterocycles. The van der Waals surface area contributed by atoms with Crippen molar-refractivity contribution in [2.45, 2.75) is 59.5 Å². The Morgan fingerprint density at radius 3 is 2.32 bits per heavy atom. The van der Waals surface area contributed by atoms with Crippen molar-refractivity contribution in [2.75, 3.05) is 13.1 Å². The van der Waals surface area contributed by atoms with Crippen molar-refractivity contribution >= 4 is 17.5 Å². The van der Waals surface area contributed by atoms with Crippen LogP contribution in [0.1, 0.15) is 52.0 Å². The molecule has 3 nitrogen and oxygen atoms in total. The zero-order chi connectivity index (χ0) is 16.5. The molecule has 0 aliphatic carbocycles. The molecule has 4 heteroatoms. The van der Waals surface area contributed by atoms with Crippen molar-refractivity contribution in [1.29, 1.82) is 0 Å². The van der Waals surface area contributed by atoms with E-state index in [4.69, 9.17) is 16.3 Å². The van der Waals surface area contributed by atoms with Crippen LogP contribution < -0.4 is 4.74 Å². The molecule has 0 heterocycles. The highest BCUT2D eigenvalue weighted by molar-refractivity contribution is 6.30. The molecule has 1 atom stereocenters. The highest BCUT2D eigenvalue weighted by Gasteiger charge is 2.21. The van der Waals surface area contributed by atoms with Gasteiger partial charge in [-0.3, -0.25) is 4.79 Å². The maximum atomic E-state index is 12.6. The van der Waals surface area contributed by atoms with E-state index >= 15 is 0 Å². The summed E-state index contributed by atoms with van der Waals surface area (Å²) in [6.45, 7) is 9.65. The van der Waals surface area contributed by atoms with Crippen molar-refractivity contribution in [3.63, 3.8) is 0 Å². The fraction of sp³-hybridized carbons (Fsp3) is 0.611. The Morgan fingerprint density at radius 2 is 1.82 bits per heavy atom. The standard InChI is InChI=1S/C18H28ClNO2/c1-5-7-11-20(12-8-6-2)18(21)15(4)22-17-10-9-16(19)13-14(17)3/h9-10,13,15H,5-8,11-12H2,1-4H3/t15-/m1/s1. The average Bonchev–Trinajstić information content (AvgIpc) is 2.49. The summed E-state index contributed by atoms with van der Waals surface area (Å²) in [6, 6.07) is 5.46. The van der Waals surface area contributed by atoms with E-state index in [9.17, 15) is 4.79 Å². The first-order valence-electron chi connectivity index (χ1n) is 8.21. The van der Waals surface area contributed by atoms with Crippen LogP contribution in [-0.4, -0.2) is 30.0 Å². The second-order valence-corrected chi connectivity index (χ2v) is 6.14. The van der Waals surface area contributed by atoms with Crippen LogP contribution >= 0.6 is 11.6 Å². The number of amides is 1. The quantitative estimate of drug-likeness (QED) is 0.650. The molecule has 0 bridgehead atoms. The third kappa shape index (κ3) is 5.88.